The summed E-state index contributed by atoms with van der Waals surface area (Å²) in [5.74, 6) is 1.17. The third kappa shape index (κ3) is 3.60. The zero-order valence-corrected chi connectivity index (χ0v) is 11.2. The Labute approximate surface area is 110 Å². The van der Waals surface area contributed by atoms with Crippen molar-refractivity contribution in [2.75, 3.05) is 18.8 Å². The van der Waals surface area contributed by atoms with E-state index in [-0.39, 0.29) is 11.5 Å². The Morgan fingerprint density at radius 1 is 1.56 bits per heavy atom. The molecule has 1 fully saturated rings. The normalized spacial score (nSPS) is 16.8. The Morgan fingerprint density at radius 2 is 2.28 bits per heavy atom. The highest BCUT2D eigenvalue weighted by Crippen LogP contribution is 2.18. The molecule has 1 N–H and O–H groups in total. The second-order valence-electron chi connectivity index (χ2n) is 4.59. The molecular formula is C12H17N3O2S. The molecule has 2 heterocycles. The van der Waals surface area contributed by atoms with Crippen molar-refractivity contribution in [3.05, 3.63) is 22.6 Å². The van der Waals surface area contributed by atoms with Gasteiger partial charge < -0.3 is 9.88 Å². The third-order valence-corrected chi connectivity index (χ3v) is 3.99. The van der Waals surface area contributed by atoms with Gasteiger partial charge in [-0.05, 0) is 18.8 Å². The highest BCUT2D eigenvalue weighted by Gasteiger charge is 2.20. The fourth-order valence-corrected chi connectivity index (χ4v) is 2.66. The Hall–Kier alpha value is -1.30. The third-order valence-electron chi connectivity index (χ3n) is 3.12. The van der Waals surface area contributed by atoms with E-state index in [9.17, 15) is 9.59 Å². The molecule has 0 aromatic carbocycles. The van der Waals surface area contributed by atoms with Crippen molar-refractivity contribution in [2.24, 2.45) is 5.92 Å². The summed E-state index contributed by atoms with van der Waals surface area (Å²) in [5.41, 5.74) is -0.188. The van der Waals surface area contributed by atoms with Crippen LogP contribution >= 0.6 is 11.8 Å². The molecule has 1 aliphatic rings. The first-order valence-electron chi connectivity index (χ1n) is 6.11. The fraction of sp³-hybridized carbons (Fsp3) is 0.583. The summed E-state index contributed by atoms with van der Waals surface area (Å²) in [6.07, 6.45) is 3.61. The van der Waals surface area contributed by atoms with Crippen LogP contribution in [0.5, 0.6) is 0 Å². The SMILES string of the molecule is CC1CCN(C(=O)CSc2nccc(=O)[nH]2)CC1. The van der Waals surface area contributed by atoms with Crippen molar-refractivity contribution in [1.82, 2.24) is 14.9 Å². The average molecular weight is 267 g/mol. The van der Waals surface area contributed by atoms with E-state index in [0.717, 1.165) is 25.9 Å². The minimum atomic E-state index is -0.188. The number of piperidine rings is 1. The smallest absolute Gasteiger partial charge is 0.251 e. The van der Waals surface area contributed by atoms with Gasteiger partial charge in [-0.15, -0.1) is 0 Å². The zero-order valence-electron chi connectivity index (χ0n) is 10.4. The molecule has 98 valence electrons. The van der Waals surface area contributed by atoms with E-state index in [1.165, 1.54) is 24.0 Å². The molecule has 1 amide bonds. The topological polar surface area (TPSA) is 66.1 Å². The van der Waals surface area contributed by atoms with E-state index in [0.29, 0.717) is 16.8 Å². The maximum Gasteiger partial charge on any atom is 0.251 e. The second-order valence-corrected chi connectivity index (χ2v) is 5.56. The molecule has 0 spiro atoms. The molecule has 0 unspecified atom stereocenters. The van der Waals surface area contributed by atoms with Gasteiger partial charge in [-0.25, -0.2) is 4.98 Å². The van der Waals surface area contributed by atoms with Gasteiger partial charge in [0.15, 0.2) is 5.16 Å². The molecule has 5 nitrogen and oxygen atoms in total. The van der Waals surface area contributed by atoms with Crippen molar-refractivity contribution < 1.29 is 4.79 Å². The number of hydrogen-bond acceptors (Lipinski definition) is 4. The summed E-state index contributed by atoms with van der Waals surface area (Å²) in [6, 6.07) is 1.36. The molecule has 1 aromatic heterocycles. The van der Waals surface area contributed by atoms with Gasteiger partial charge in [0.1, 0.15) is 0 Å². The van der Waals surface area contributed by atoms with Crippen molar-refractivity contribution in [1.29, 1.82) is 0 Å². The number of nitrogens with one attached hydrogen (secondary N) is 1. The first-order valence-corrected chi connectivity index (χ1v) is 7.09. The second kappa shape index (κ2) is 6.04. The quantitative estimate of drug-likeness (QED) is 0.658. The monoisotopic (exact) mass is 267 g/mol. The van der Waals surface area contributed by atoms with Crippen molar-refractivity contribution >= 4 is 17.7 Å². The van der Waals surface area contributed by atoms with Gasteiger partial charge in [-0.2, -0.15) is 0 Å². The number of rotatable bonds is 3. The lowest BCUT2D eigenvalue weighted by atomic mass is 9.99. The number of aromatic nitrogens is 2. The number of nitrogens with zero attached hydrogens (tertiary/aromatic N) is 2. The molecule has 0 saturated carbocycles. The number of aromatic amines is 1. The van der Waals surface area contributed by atoms with Crippen molar-refractivity contribution in [3.8, 4) is 0 Å². The van der Waals surface area contributed by atoms with Gasteiger partial charge >= 0.3 is 0 Å². The van der Waals surface area contributed by atoms with Gasteiger partial charge in [0, 0.05) is 25.4 Å². The van der Waals surface area contributed by atoms with Gasteiger partial charge in [0.25, 0.3) is 5.56 Å². The molecule has 6 heteroatoms. The molecule has 1 aliphatic heterocycles. The number of hydrogen-bond donors (Lipinski definition) is 1. The minimum absolute atomic E-state index is 0.124. The van der Waals surface area contributed by atoms with Crippen LogP contribution in [0.1, 0.15) is 19.8 Å². The summed E-state index contributed by atoms with van der Waals surface area (Å²) >= 11 is 1.28. The molecule has 0 bridgehead atoms. The predicted octanol–water partition coefficient (Wildman–Crippen LogP) is 1.12. The molecule has 1 saturated heterocycles. The van der Waals surface area contributed by atoms with E-state index in [1.807, 2.05) is 4.90 Å². The van der Waals surface area contributed by atoms with Crippen LogP contribution in [-0.2, 0) is 4.79 Å². The minimum Gasteiger partial charge on any atom is -0.342 e. The number of carbonyl (C=O) groups is 1. The highest BCUT2D eigenvalue weighted by molar-refractivity contribution is 7.99. The summed E-state index contributed by atoms with van der Waals surface area (Å²) in [7, 11) is 0. The standard InChI is InChI=1S/C12H17N3O2S/c1-9-3-6-15(7-4-9)11(17)8-18-12-13-5-2-10(16)14-12/h2,5,9H,3-4,6-8H2,1H3,(H,13,14,16). The fourth-order valence-electron chi connectivity index (χ4n) is 1.90. The molecular weight excluding hydrogens is 250 g/mol. The molecule has 1 aromatic rings. The van der Waals surface area contributed by atoms with Crippen LogP contribution in [0.3, 0.4) is 0 Å². The van der Waals surface area contributed by atoms with E-state index in [1.54, 1.807) is 0 Å². The van der Waals surface area contributed by atoms with Gasteiger partial charge in [0.2, 0.25) is 5.91 Å². The van der Waals surface area contributed by atoms with E-state index in [4.69, 9.17) is 0 Å². The summed E-state index contributed by atoms with van der Waals surface area (Å²) in [5, 5.41) is 0.501. The summed E-state index contributed by atoms with van der Waals surface area (Å²) < 4.78 is 0. The van der Waals surface area contributed by atoms with E-state index >= 15 is 0 Å². The maximum absolute atomic E-state index is 11.9. The Balaban J connectivity index is 1.83. The van der Waals surface area contributed by atoms with Crippen LogP contribution in [0.15, 0.2) is 22.2 Å². The number of thioether (sulfide) groups is 1. The summed E-state index contributed by atoms with van der Waals surface area (Å²) in [4.78, 5) is 31.5. The molecule has 0 aliphatic carbocycles. The van der Waals surface area contributed by atoms with E-state index in [2.05, 4.69) is 16.9 Å². The van der Waals surface area contributed by atoms with Crippen LogP contribution in [0.25, 0.3) is 0 Å². The zero-order chi connectivity index (χ0) is 13.0. The molecule has 2 rings (SSSR count). The average Bonchev–Trinajstić information content (AvgIpc) is 2.37. The lowest BCUT2D eigenvalue weighted by molar-refractivity contribution is -0.129. The molecule has 0 radical (unpaired) electrons. The van der Waals surface area contributed by atoms with Gasteiger partial charge in [-0.3, -0.25) is 9.59 Å². The lowest BCUT2D eigenvalue weighted by Crippen LogP contribution is -2.38. The number of likely N-dealkylation sites (tertiary alicyclic amines) is 1. The van der Waals surface area contributed by atoms with E-state index < -0.39 is 0 Å². The number of H-pyrrole nitrogens is 1. The highest BCUT2D eigenvalue weighted by atomic mass is 32.2. The van der Waals surface area contributed by atoms with Crippen molar-refractivity contribution in [3.63, 3.8) is 0 Å². The maximum atomic E-state index is 11.9. The summed E-state index contributed by atoms with van der Waals surface area (Å²) in [6.45, 7) is 3.91. The largest absolute Gasteiger partial charge is 0.342 e. The first-order chi connectivity index (χ1) is 8.65. The molecule has 18 heavy (non-hydrogen) atoms. The van der Waals surface area contributed by atoms with Crippen LogP contribution in [0, 0.1) is 5.92 Å². The Morgan fingerprint density at radius 3 is 2.94 bits per heavy atom. The van der Waals surface area contributed by atoms with Crippen LogP contribution in [0.4, 0.5) is 0 Å². The van der Waals surface area contributed by atoms with Crippen molar-refractivity contribution in [2.45, 2.75) is 24.9 Å². The Kier molecular flexibility index (Phi) is 4.41. The Bertz CT molecular complexity index is 466. The van der Waals surface area contributed by atoms with Crippen LogP contribution < -0.4 is 5.56 Å². The lowest BCUT2D eigenvalue weighted by Gasteiger charge is -2.30. The van der Waals surface area contributed by atoms with Crippen LogP contribution in [-0.4, -0.2) is 39.6 Å². The number of carbonyl (C=O) groups excluding carboxylic acids is 1. The number of amides is 1. The van der Waals surface area contributed by atoms with Crippen LogP contribution in [0.2, 0.25) is 0 Å². The van der Waals surface area contributed by atoms with Gasteiger partial charge in [-0.1, -0.05) is 18.7 Å². The van der Waals surface area contributed by atoms with Gasteiger partial charge in [0.05, 0.1) is 5.75 Å². The first kappa shape index (κ1) is 13.1. The predicted molar refractivity (Wildman–Crippen MR) is 70.6 cm³/mol. The molecule has 0 atom stereocenters.